The van der Waals surface area contributed by atoms with Crippen LogP contribution in [0.25, 0.3) is 72.7 Å². The number of aryl methyl sites for hydroxylation is 1. The van der Waals surface area contributed by atoms with Gasteiger partial charge >= 0.3 is 0 Å². The third kappa shape index (κ3) is 8.86. The molecule has 2 heterocycles. The van der Waals surface area contributed by atoms with Crippen LogP contribution in [0.5, 0.6) is 5.75 Å². The van der Waals surface area contributed by atoms with Gasteiger partial charge in [0.1, 0.15) is 11.6 Å². The van der Waals surface area contributed by atoms with Gasteiger partial charge in [0.2, 0.25) is 0 Å². The zero-order chi connectivity index (χ0) is 61.3. The van der Waals surface area contributed by atoms with E-state index in [4.69, 9.17) is 32.4 Å². The molecule has 8 rings (SSSR count). The number of aromatic hydroxyl groups is 1. The van der Waals surface area contributed by atoms with Gasteiger partial charge in [0, 0.05) is 52.1 Å². The van der Waals surface area contributed by atoms with E-state index in [2.05, 4.69) is 11.1 Å². The van der Waals surface area contributed by atoms with Crippen LogP contribution >= 0.6 is 0 Å². The Kier molecular flexibility index (Phi) is 6.95. The molecule has 0 radical (unpaired) electrons. The average Bonchev–Trinajstić information content (AvgIpc) is 1.09. The molecule has 2 aromatic heterocycles. The first-order valence-corrected chi connectivity index (χ1v) is 19.7. The molecule has 5 heteroatoms. The second-order valence-electron chi connectivity index (χ2n) is 16.6. The molecule has 0 atom stereocenters. The molecule has 0 bridgehead atoms. The second kappa shape index (κ2) is 17.3. The predicted molar refractivity (Wildman–Crippen MR) is 257 cm³/mol. The van der Waals surface area contributed by atoms with Gasteiger partial charge in [-0.05, 0) is 110 Å². The minimum atomic E-state index is -3.96. The van der Waals surface area contributed by atoms with Crippen molar-refractivity contribution in [3.8, 4) is 67.5 Å². The maximum atomic E-state index is 11.5. The summed E-state index contributed by atoms with van der Waals surface area (Å²) in [4.78, 5) is 9.45. The number of nitrogens with zero attached hydrogens (tertiary/aromatic N) is 3. The monoisotopic (exact) mass is 1020 g/mol. The number of phenols is 1. The quantitative estimate of drug-likeness (QED) is 0.154. The van der Waals surface area contributed by atoms with E-state index in [9.17, 15) is 6.48 Å². The standard InChI is InChI=1S/C57H58N3O.Pt/c1-35(2)41-28-42(36(3)4)30-43(29-41)39-21-24-51(37(5)27-39)60-52-17-14-16-48(54(52)59-55(60)49-15-12-13-18-53(49)61)44-31-45(33-47(32-44)57(9,10)11)50-34-40(25-26-58-50)38-19-22-46(23-20-38)56(6,7)8;/h12-30,32-36,61H,1-11H3;/q-1;/i5D3,6D3,7D3,8D3,19D,20D,22D,23D,25D,26D,34D,35D,36D;. The molecule has 0 aliphatic heterocycles. The smallest absolute Gasteiger partial charge is 0.148 e. The average molecular weight is 1020 g/mol. The fourth-order valence-corrected chi connectivity index (χ4v) is 7.16. The molecular formula is C57H58N3OPt-. The first kappa shape index (κ1) is 24.9. The topological polar surface area (TPSA) is 50.9 Å². The molecular weight excluding hydrogens is 938 g/mol. The van der Waals surface area contributed by atoms with E-state index in [1.54, 1.807) is 99.0 Å². The molecule has 0 spiro atoms. The van der Waals surface area contributed by atoms with Gasteiger partial charge < -0.3 is 5.11 Å². The number of fused-ring (bicyclic) bond motifs is 1. The van der Waals surface area contributed by atoms with Crippen molar-refractivity contribution >= 4 is 11.0 Å². The molecule has 0 saturated heterocycles. The Labute approximate surface area is 412 Å². The Morgan fingerprint density at radius 3 is 2.05 bits per heavy atom. The van der Waals surface area contributed by atoms with Crippen molar-refractivity contribution in [3.05, 3.63) is 167 Å². The summed E-state index contributed by atoms with van der Waals surface area (Å²) in [5, 5.41) is 11.5. The van der Waals surface area contributed by atoms with Crippen LogP contribution < -0.4 is 0 Å². The summed E-state index contributed by atoms with van der Waals surface area (Å²) in [7, 11) is 0. The maximum absolute atomic E-state index is 11.5. The minimum absolute atomic E-state index is 0. The molecule has 0 fully saturated rings. The first-order chi connectivity index (χ1) is 37.4. The van der Waals surface area contributed by atoms with Crippen LogP contribution in [0.2, 0.25) is 0 Å². The molecule has 1 N–H and O–H groups in total. The fraction of sp³-hybridized carbons (Fsp3) is 0.263. The molecule has 0 unspecified atom stereocenters. The van der Waals surface area contributed by atoms with Gasteiger partial charge in [-0.15, -0.1) is 29.3 Å². The van der Waals surface area contributed by atoms with Gasteiger partial charge in [-0.2, -0.15) is 0 Å². The van der Waals surface area contributed by atoms with Crippen molar-refractivity contribution in [3.63, 3.8) is 0 Å². The van der Waals surface area contributed by atoms with Crippen LogP contribution in [0, 0.1) is 12.9 Å². The van der Waals surface area contributed by atoms with Crippen molar-refractivity contribution < 1.29 is 55.0 Å². The van der Waals surface area contributed by atoms with Gasteiger partial charge in [-0.25, -0.2) is 4.98 Å². The summed E-state index contributed by atoms with van der Waals surface area (Å²) in [6.45, 7) is -2.01. The number of hydrogen-bond acceptors (Lipinski definition) is 3. The Morgan fingerprint density at radius 1 is 0.694 bits per heavy atom. The Hall–Kier alpha value is -5.57. The summed E-state index contributed by atoms with van der Waals surface area (Å²) in [6.07, 6.45) is -0.808. The molecule has 0 aliphatic rings. The van der Waals surface area contributed by atoms with Crippen LogP contribution in [-0.2, 0) is 31.9 Å². The second-order valence-corrected chi connectivity index (χ2v) is 16.6. The van der Waals surface area contributed by atoms with Crippen LogP contribution in [0.4, 0.5) is 0 Å². The summed E-state index contributed by atoms with van der Waals surface area (Å²) in [6, 6.07) is 22.0. The largest absolute Gasteiger partial charge is 0.507 e. The number of pyridine rings is 1. The van der Waals surface area contributed by atoms with Crippen LogP contribution in [-0.4, -0.2) is 19.6 Å². The third-order valence-electron chi connectivity index (χ3n) is 10.6. The van der Waals surface area contributed by atoms with E-state index in [0.29, 0.717) is 44.5 Å². The van der Waals surface area contributed by atoms with E-state index in [1.807, 2.05) is 39.0 Å². The van der Waals surface area contributed by atoms with Crippen molar-refractivity contribution in [2.24, 2.45) is 0 Å². The number of hydrogen-bond donors (Lipinski definition) is 1. The van der Waals surface area contributed by atoms with Gasteiger partial charge in [0.15, 0.2) is 0 Å². The van der Waals surface area contributed by atoms with Crippen molar-refractivity contribution in [1.29, 1.82) is 0 Å². The van der Waals surface area contributed by atoms with E-state index >= 15 is 0 Å². The van der Waals surface area contributed by atoms with Crippen molar-refractivity contribution in [2.45, 2.75) is 98.5 Å². The van der Waals surface area contributed by atoms with E-state index < -0.39 is 109 Å². The molecule has 0 saturated carbocycles. The number of benzene rings is 6. The summed E-state index contributed by atoms with van der Waals surface area (Å²) in [5.74, 6) is -2.15. The number of para-hydroxylation sites is 2. The molecule has 4 nitrogen and oxygen atoms in total. The SMILES string of the molecule is [2H]c1nc(-c2[c-]c(-c3cccc4c3nc(-c3ccccc3O)n4-c3ccc(-c4cc(C([2H])(C)C)cc(C([2H])(C)C)c4)cc3C([2H])([2H])[2H])cc(C(C)(C)C)c2)c([2H])c(-c2c([2H])c([2H])c(C(C([2H])([2H])[2H])(C([2H])([2H])[2H])C([2H])([2H])[2H])c([2H])c2[2H])c1[2H].[Pt]. The van der Waals surface area contributed by atoms with Gasteiger partial charge in [-0.3, -0.25) is 9.55 Å². The summed E-state index contributed by atoms with van der Waals surface area (Å²) < 4.78 is 184. The number of rotatable bonds is 8. The van der Waals surface area contributed by atoms with E-state index in [0.717, 1.165) is 0 Å². The van der Waals surface area contributed by atoms with E-state index in [1.165, 1.54) is 6.07 Å². The van der Waals surface area contributed by atoms with E-state index in [-0.39, 0.29) is 66.2 Å². The molecule has 62 heavy (non-hydrogen) atoms. The summed E-state index contributed by atoms with van der Waals surface area (Å²) >= 11 is 0. The zero-order valence-corrected chi connectivity index (χ0v) is 37.5. The normalized spacial score (nSPS) is 18.1. The Morgan fingerprint density at radius 2 is 1.39 bits per heavy atom. The zero-order valence-electron chi connectivity index (χ0n) is 56.3. The van der Waals surface area contributed by atoms with Crippen molar-refractivity contribution in [1.82, 2.24) is 14.5 Å². The van der Waals surface area contributed by atoms with Gasteiger partial charge in [-0.1, -0.05) is 159 Å². The fourth-order valence-electron chi connectivity index (χ4n) is 7.16. The van der Waals surface area contributed by atoms with Crippen LogP contribution in [0.1, 0.15) is 137 Å². The third-order valence-corrected chi connectivity index (χ3v) is 10.6. The predicted octanol–water partition coefficient (Wildman–Crippen LogP) is 15.4. The molecule has 6 aromatic carbocycles. The van der Waals surface area contributed by atoms with Gasteiger partial charge in [0.25, 0.3) is 0 Å². The number of imidazole rings is 1. The number of phenolic OH excluding ortho intramolecular Hbond substituents is 1. The van der Waals surface area contributed by atoms with Crippen LogP contribution in [0.3, 0.4) is 0 Å². The Bertz CT molecular complexity index is 3780. The Balaban J connectivity index is 0.00000990. The van der Waals surface area contributed by atoms with Crippen molar-refractivity contribution in [2.75, 3.05) is 0 Å². The summed E-state index contributed by atoms with van der Waals surface area (Å²) in [5.41, 5.74) is -3.17. The van der Waals surface area contributed by atoms with Gasteiger partial charge in [0.05, 0.1) is 31.9 Å². The minimum Gasteiger partial charge on any atom is -0.507 e. The first-order valence-electron chi connectivity index (χ1n) is 30.2. The molecule has 8 aromatic rings. The molecule has 318 valence electrons. The number of aromatic nitrogens is 3. The maximum Gasteiger partial charge on any atom is 0.148 e. The molecule has 0 aliphatic carbocycles. The molecule has 0 amide bonds. The van der Waals surface area contributed by atoms with Crippen LogP contribution in [0.15, 0.2) is 133 Å².